The lowest BCUT2D eigenvalue weighted by atomic mass is 10.1. The standard InChI is InChI=1S/C15H17FN2O3/c1-21-12-5-2-9(6-11(12)16)8-18-13(19)7-17-15(20)14(18)10-3-4-10/h2,5-6,10,14H,3-4,7-8H2,1H3,(H,17,20). The van der Waals surface area contributed by atoms with E-state index < -0.39 is 11.9 Å². The number of carbonyl (C=O) groups is 2. The maximum Gasteiger partial charge on any atom is 0.243 e. The van der Waals surface area contributed by atoms with Crippen LogP contribution in [0.5, 0.6) is 5.75 Å². The molecular weight excluding hydrogens is 275 g/mol. The van der Waals surface area contributed by atoms with Crippen molar-refractivity contribution in [1.29, 1.82) is 0 Å². The quantitative estimate of drug-likeness (QED) is 0.903. The van der Waals surface area contributed by atoms with E-state index in [2.05, 4.69) is 5.32 Å². The smallest absolute Gasteiger partial charge is 0.243 e. The van der Waals surface area contributed by atoms with E-state index in [0.29, 0.717) is 5.56 Å². The Morgan fingerprint density at radius 3 is 2.76 bits per heavy atom. The van der Waals surface area contributed by atoms with E-state index in [1.54, 1.807) is 11.0 Å². The van der Waals surface area contributed by atoms with Crippen LogP contribution in [-0.2, 0) is 16.1 Å². The summed E-state index contributed by atoms with van der Waals surface area (Å²) in [4.78, 5) is 25.6. The summed E-state index contributed by atoms with van der Waals surface area (Å²) >= 11 is 0. The number of hydrogen-bond donors (Lipinski definition) is 1. The first-order valence-corrected chi connectivity index (χ1v) is 6.99. The predicted molar refractivity (Wildman–Crippen MR) is 73.0 cm³/mol. The SMILES string of the molecule is COc1ccc(CN2C(=O)CNC(=O)C2C2CC2)cc1F. The van der Waals surface area contributed by atoms with Crippen molar-refractivity contribution in [1.82, 2.24) is 10.2 Å². The minimum absolute atomic E-state index is 0.0146. The number of ether oxygens (including phenoxy) is 1. The summed E-state index contributed by atoms with van der Waals surface area (Å²) in [6.45, 7) is 0.259. The van der Waals surface area contributed by atoms with E-state index in [-0.39, 0.29) is 36.6 Å². The fourth-order valence-electron chi connectivity index (χ4n) is 2.74. The molecule has 2 aliphatic rings. The Kier molecular flexibility index (Phi) is 3.53. The maximum atomic E-state index is 13.7. The van der Waals surface area contributed by atoms with E-state index in [0.717, 1.165) is 12.8 Å². The zero-order valence-electron chi connectivity index (χ0n) is 11.8. The molecule has 0 aromatic heterocycles. The van der Waals surface area contributed by atoms with Gasteiger partial charge in [0, 0.05) is 6.54 Å². The summed E-state index contributed by atoms with van der Waals surface area (Å²) in [7, 11) is 1.40. The molecule has 1 aromatic rings. The van der Waals surface area contributed by atoms with Crippen molar-refractivity contribution in [3.63, 3.8) is 0 Å². The number of amides is 2. The first-order valence-electron chi connectivity index (χ1n) is 6.99. The molecule has 1 heterocycles. The van der Waals surface area contributed by atoms with Gasteiger partial charge >= 0.3 is 0 Å². The lowest BCUT2D eigenvalue weighted by Crippen LogP contribution is -2.58. The summed E-state index contributed by atoms with van der Waals surface area (Å²) in [5.74, 6) is -0.293. The van der Waals surface area contributed by atoms with Crippen LogP contribution >= 0.6 is 0 Å². The van der Waals surface area contributed by atoms with Crippen LogP contribution in [0.2, 0.25) is 0 Å². The van der Waals surface area contributed by atoms with Gasteiger partial charge in [0.1, 0.15) is 6.04 Å². The second kappa shape index (κ2) is 5.35. The molecule has 112 valence electrons. The average Bonchev–Trinajstić information content (AvgIpc) is 3.28. The second-order valence-corrected chi connectivity index (χ2v) is 5.49. The normalized spacial score (nSPS) is 22.2. The lowest BCUT2D eigenvalue weighted by molar-refractivity contribution is -0.147. The average molecular weight is 292 g/mol. The highest BCUT2D eigenvalue weighted by Crippen LogP contribution is 2.37. The van der Waals surface area contributed by atoms with Gasteiger partial charge in [0.05, 0.1) is 13.7 Å². The van der Waals surface area contributed by atoms with Crippen LogP contribution in [0.1, 0.15) is 18.4 Å². The van der Waals surface area contributed by atoms with E-state index in [4.69, 9.17) is 4.74 Å². The van der Waals surface area contributed by atoms with Crippen molar-refractivity contribution < 1.29 is 18.7 Å². The monoisotopic (exact) mass is 292 g/mol. The molecule has 0 spiro atoms. The molecule has 0 radical (unpaired) electrons. The van der Waals surface area contributed by atoms with Gasteiger partial charge in [-0.25, -0.2) is 4.39 Å². The third-order valence-corrected chi connectivity index (χ3v) is 3.98. The van der Waals surface area contributed by atoms with Gasteiger partial charge in [0.2, 0.25) is 11.8 Å². The van der Waals surface area contributed by atoms with Crippen molar-refractivity contribution in [2.45, 2.75) is 25.4 Å². The van der Waals surface area contributed by atoms with Crippen LogP contribution in [0.25, 0.3) is 0 Å². The topological polar surface area (TPSA) is 58.6 Å². The number of piperazine rings is 1. The molecule has 1 aliphatic carbocycles. The second-order valence-electron chi connectivity index (χ2n) is 5.49. The fraction of sp³-hybridized carbons (Fsp3) is 0.467. The number of carbonyl (C=O) groups excluding carboxylic acids is 2. The molecule has 2 amide bonds. The molecule has 3 rings (SSSR count). The van der Waals surface area contributed by atoms with E-state index >= 15 is 0 Å². The van der Waals surface area contributed by atoms with Crippen LogP contribution in [-0.4, -0.2) is 36.4 Å². The Bertz CT molecular complexity index is 586. The van der Waals surface area contributed by atoms with Gasteiger partial charge in [-0.05, 0) is 36.5 Å². The fourth-order valence-corrected chi connectivity index (χ4v) is 2.74. The summed E-state index contributed by atoms with van der Waals surface area (Å²) < 4.78 is 18.6. The van der Waals surface area contributed by atoms with Crippen molar-refractivity contribution in [3.8, 4) is 5.75 Å². The molecule has 1 unspecified atom stereocenters. The number of rotatable bonds is 4. The Balaban J connectivity index is 1.82. The van der Waals surface area contributed by atoms with Gasteiger partial charge in [-0.2, -0.15) is 0 Å². The molecule has 1 saturated carbocycles. The van der Waals surface area contributed by atoms with Gasteiger partial charge in [0.25, 0.3) is 0 Å². The Labute approximate surface area is 122 Å². The van der Waals surface area contributed by atoms with Crippen molar-refractivity contribution in [3.05, 3.63) is 29.6 Å². The lowest BCUT2D eigenvalue weighted by Gasteiger charge is -2.35. The highest BCUT2D eigenvalue weighted by molar-refractivity contribution is 5.95. The summed E-state index contributed by atoms with van der Waals surface area (Å²) in [6, 6.07) is 4.18. The van der Waals surface area contributed by atoms with E-state index in [1.807, 2.05) is 0 Å². The molecule has 1 aromatic carbocycles. The maximum absolute atomic E-state index is 13.7. The molecule has 1 saturated heterocycles. The number of benzene rings is 1. The molecule has 5 nitrogen and oxygen atoms in total. The molecular formula is C15H17FN2O3. The van der Waals surface area contributed by atoms with E-state index in [9.17, 15) is 14.0 Å². The summed E-state index contributed by atoms with van der Waals surface area (Å²) in [6.07, 6.45) is 1.91. The third-order valence-electron chi connectivity index (χ3n) is 3.98. The Hall–Kier alpha value is -2.11. The van der Waals surface area contributed by atoms with Crippen molar-refractivity contribution >= 4 is 11.8 Å². The predicted octanol–water partition coefficient (Wildman–Crippen LogP) is 1.07. The minimum atomic E-state index is -0.466. The zero-order chi connectivity index (χ0) is 15.0. The number of methoxy groups -OCH3 is 1. The molecule has 0 bridgehead atoms. The van der Waals surface area contributed by atoms with Crippen LogP contribution in [0.15, 0.2) is 18.2 Å². The van der Waals surface area contributed by atoms with Crippen LogP contribution < -0.4 is 10.1 Å². The van der Waals surface area contributed by atoms with Crippen LogP contribution in [0, 0.1) is 11.7 Å². The number of nitrogens with zero attached hydrogens (tertiary/aromatic N) is 1. The molecule has 6 heteroatoms. The summed E-state index contributed by atoms with van der Waals surface area (Å²) in [5, 5.41) is 2.62. The van der Waals surface area contributed by atoms with Gasteiger partial charge in [-0.15, -0.1) is 0 Å². The molecule has 1 N–H and O–H groups in total. The first-order chi connectivity index (χ1) is 10.1. The highest BCUT2D eigenvalue weighted by Gasteiger charge is 2.44. The third kappa shape index (κ3) is 2.70. The molecule has 21 heavy (non-hydrogen) atoms. The van der Waals surface area contributed by atoms with Gasteiger partial charge in [-0.3, -0.25) is 9.59 Å². The largest absolute Gasteiger partial charge is 0.494 e. The van der Waals surface area contributed by atoms with Gasteiger partial charge in [0.15, 0.2) is 11.6 Å². The number of nitrogens with one attached hydrogen (secondary N) is 1. The first kappa shape index (κ1) is 13.9. The van der Waals surface area contributed by atoms with Crippen molar-refractivity contribution in [2.75, 3.05) is 13.7 Å². The summed E-state index contributed by atoms with van der Waals surface area (Å²) in [5.41, 5.74) is 0.655. The molecule has 1 atom stereocenters. The molecule has 2 fully saturated rings. The Morgan fingerprint density at radius 2 is 2.14 bits per heavy atom. The van der Waals surface area contributed by atoms with Crippen LogP contribution in [0.4, 0.5) is 4.39 Å². The van der Waals surface area contributed by atoms with Gasteiger partial charge in [-0.1, -0.05) is 6.07 Å². The highest BCUT2D eigenvalue weighted by atomic mass is 19.1. The molecule has 1 aliphatic heterocycles. The number of halogens is 1. The van der Waals surface area contributed by atoms with Crippen LogP contribution in [0.3, 0.4) is 0 Å². The van der Waals surface area contributed by atoms with Gasteiger partial charge < -0.3 is 15.0 Å². The number of hydrogen-bond acceptors (Lipinski definition) is 3. The zero-order valence-corrected chi connectivity index (χ0v) is 11.8. The van der Waals surface area contributed by atoms with Crippen molar-refractivity contribution in [2.24, 2.45) is 5.92 Å². The van der Waals surface area contributed by atoms with E-state index in [1.165, 1.54) is 19.2 Å². The minimum Gasteiger partial charge on any atom is -0.494 e. The Morgan fingerprint density at radius 1 is 1.38 bits per heavy atom.